The summed E-state index contributed by atoms with van der Waals surface area (Å²) in [6, 6.07) is 9.67. The smallest absolute Gasteiger partial charge is 0.255 e. The number of amides is 1. The van der Waals surface area contributed by atoms with Gasteiger partial charge in [0.2, 0.25) is 0 Å². The van der Waals surface area contributed by atoms with E-state index >= 15 is 0 Å². The Bertz CT molecular complexity index is 1370. The van der Waals surface area contributed by atoms with Gasteiger partial charge in [0.25, 0.3) is 5.91 Å². The lowest BCUT2D eigenvalue weighted by molar-refractivity contribution is 0.0696. The lowest BCUT2D eigenvalue weighted by Gasteiger charge is -2.24. The molecular formula is C31H42N4O3Si. The van der Waals surface area contributed by atoms with E-state index in [-0.39, 0.29) is 18.6 Å². The molecule has 2 aliphatic rings. The monoisotopic (exact) mass is 546 g/mol. The Balaban J connectivity index is 1.45. The second kappa shape index (κ2) is 11.0. The summed E-state index contributed by atoms with van der Waals surface area (Å²) < 4.78 is 8.20. The van der Waals surface area contributed by atoms with E-state index in [1.54, 1.807) is 0 Å². The van der Waals surface area contributed by atoms with Gasteiger partial charge in [-0.2, -0.15) is 0 Å². The van der Waals surface area contributed by atoms with Crippen LogP contribution in [0.4, 0.5) is 0 Å². The summed E-state index contributed by atoms with van der Waals surface area (Å²) in [6.07, 6.45) is 4.69. The molecule has 39 heavy (non-hydrogen) atoms. The molecule has 1 fully saturated rings. The number of aryl methyl sites for hydroxylation is 1. The lowest BCUT2D eigenvalue weighted by Crippen LogP contribution is -2.34. The summed E-state index contributed by atoms with van der Waals surface area (Å²) in [5.74, 6) is 1.52. The van der Waals surface area contributed by atoms with Gasteiger partial charge < -0.3 is 19.3 Å². The Morgan fingerprint density at radius 2 is 1.92 bits per heavy atom. The molecule has 1 amide bonds. The molecule has 1 N–H and O–H groups in total. The van der Waals surface area contributed by atoms with Crippen LogP contribution in [0.2, 0.25) is 25.7 Å². The van der Waals surface area contributed by atoms with Crippen molar-refractivity contribution >= 4 is 14.0 Å². The fourth-order valence-electron chi connectivity index (χ4n) is 5.49. The van der Waals surface area contributed by atoms with E-state index in [1.807, 2.05) is 24.1 Å². The first-order chi connectivity index (χ1) is 18.6. The third kappa shape index (κ3) is 5.88. The molecule has 8 heteroatoms. The maximum Gasteiger partial charge on any atom is 0.255 e. The number of rotatable bonds is 11. The van der Waals surface area contributed by atoms with Crippen molar-refractivity contribution in [2.45, 2.75) is 85.0 Å². The third-order valence-electron chi connectivity index (χ3n) is 8.29. The van der Waals surface area contributed by atoms with E-state index in [0.717, 1.165) is 63.4 Å². The maximum atomic E-state index is 13.4. The zero-order chi connectivity index (χ0) is 27.9. The molecule has 5 rings (SSSR count). The highest BCUT2D eigenvalue weighted by Gasteiger charge is 2.39. The van der Waals surface area contributed by atoms with E-state index in [1.165, 1.54) is 12.8 Å². The number of hydrogen-bond donors (Lipinski definition) is 1. The van der Waals surface area contributed by atoms with Crippen LogP contribution in [-0.2, 0) is 24.4 Å². The van der Waals surface area contributed by atoms with Crippen molar-refractivity contribution in [3.63, 3.8) is 0 Å². The van der Waals surface area contributed by atoms with Crippen LogP contribution in [-0.4, -0.2) is 57.8 Å². The number of carbonyl (C=O) groups excluding carboxylic acids is 1. The fraction of sp³-hybridized carbons (Fsp3) is 0.516. The highest BCUT2D eigenvalue weighted by Crippen LogP contribution is 2.40. The molecule has 2 aromatic heterocycles. The van der Waals surface area contributed by atoms with Gasteiger partial charge in [-0.3, -0.25) is 9.78 Å². The average molecular weight is 547 g/mol. The number of aliphatic hydroxyl groups is 1. The summed E-state index contributed by atoms with van der Waals surface area (Å²) in [5.41, 5.74) is 7.65. The molecule has 1 aliphatic carbocycles. The number of pyridine rings is 1. The molecule has 1 saturated carbocycles. The van der Waals surface area contributed by atoms with Gasteiger partial charge >= 0.3 is 0 Å². The first-order valence-electron chi connectivity index (χ1n) is 14.2. The third-order valence-corrected chi connectivity index (χ3v) is 10.00. The van der Waals surface area contributed by atoms with Crippen molar-refractivity contribution in [3.8, 4) is 22.6 Å². The zero-order valence-electron chi connectivity index (χ0n) is 24.3. The van der Waals surface area contributed by atoms with Gasteiger partial charge in [0.15, 0.2) is 5.82 Å². The van der Waals surface area contributed by atoms with Crippen molar-refractivity contribution < 1.29 is 14.6 Å². The molecule has 0 radical (unpaired) electrons. The summed E-state index contributed by atoms with van der Waals surface area (Å²) >= 11 is 0. The molecule has 1 atom stereocenters. The molecule has 1 aliphatic heterocycles. The van der Waals surface area contributed by atoms with Gasteiger partial charge in [0.1, 0.15) is 12.4 Å². The number of ether oxygens (including phenoxy) is 1. The molecule has 0 bridgehead atoms. The fourth-order valence-corrected chi connectivity index (χ4v) is 6.24. The number of hydrogen-bond acceptors (Lipinski definition) is 5. The highest BCUT2D eigenvalue weighted by molar-refractivity contribution is 6.76. The van der Waals surface area contributed by atoms with Crippen molar-refractivity contribution in [2.75, 3.05) is 13.2 Å². The predicted octanol–water partition coefficient (Wildman–Crippen LogP) is 5.83. The second-order valence-corrected chi connectivity index (χ2v) is 18.1. The van der Waals surface area contributed by atoms with Crippen molar-refractivity contribution in [1.29, 1.82) is 0 Å². The Hall–Kier alpha value is -2.81. The summed E-state index contributed by atoms with van der Waals surface area (Å²) in [6.45, 7) is 15.2. The van der Waals surface area contributed by atoms with Gasteiger partial charge in [-0.1, -0.05) is 25.7 Å². The van der Waals surface area contributed by atoms with Gasteiger partial charge in [-0.15, -0.1) is 0 Å². The molecule has 0 spiro atoms. The normalized spacial score (nSPS) is 16.2. The first-order valence-corrected chi connectivity index (χ1v) is 17.9. The Kier molecular flexibility index (Phi) is 7.81. The van der Waals surface area contributed by atoms with Gasteiger partial charge in [0.05, 0.1) is 5.69 Å². The minimum Gasteiger partial charge on any atom is -0.396 e. The average Bonchev–Trinajstić information content (AvgIpc) is 3.64. The SMILES string of the molecule is Cc1nc(-c2cc(-c3cc(CCO)c4c(c3)CN([C@@H](C)C3CC3)C4=O)ccn2)n(COCC[Si](C)(C)C)c1C. The number of nitrogens with zero attached hydrogens (tertiary/aromatic N) is 4. The van der Waals surface area contributed by atoms with E-state index < -0.39 is 8.07 Å². The van der Waals surface area contributed by atoms with Crippen molar-refractivity contribution in [1.82, 2.24) is 19.4 Å². The minimum atomic E-state index is -1.16. The first kappa shape index (κ1) is 27.7. The van der Waals surface area contributed by atoms with E-state index in [9.17, 15) is 9.90 Å². The lowest BCUT2D eigenvalue weighted by atomic mass is 9.94. The molecule has 3 aromatic rings. The summed E-state index contributed by atoms with van der Waals surface area (Å²) in [5, 5.41) is 9.80. The predicted molar refractivity (Wildman–Crippen MR) is 157 cm³/mol. The molecule has 3 heterocycles. The minimum absolute atomic E-state index is 0.0106. The van der Waals surface area contributed by atoms with Crippen LogP contribution < -0.4 is 0 Å². The number of fused-ring (bicyclic) bond motifs is 1. The Labute approximate surface area is 233 Å². The molecular weight excluding hydrogens is 504 g/mol. The number of benzene rings is 1. The van der Waals surface area contributed by atoms with Crippen molar-refractivity contribution in [3.05, 3.63) is 58.5 Å². The summed E-state index contributed by atoms with van der Waals surface area (Å²) in [4.78, 5) is 25.0. The molecule has 1 aromatic carbocycles. The van der Waals surface area contributed by atoms with Gasteiger partial charge in [0, 0.05) is 51.3 Å². The number of aromatic nitrogens is 3. The van der Waals surface area contributed by atoms with E-state index in [4.69, 9.17) is 9.72 Å². The topological polar surface area (TPSA) is 80.5 Å². The largest absolute Gasteiger partial charge is 0.396 e. The molecule has 0 saturated heterocycles. The number of imidazole rings is 1. The Morgan fingerprint density at radius 1 is 1.15 bits per heavy atom. The Morgan fingerprint density at radius 3 is 2.62 bits per heavy atom. The van der Waals surface area contributed by atoms with E-state index in [0.29, 0.717) is 25.6 Å². The van der Waals surface area contributed by atoms with Crippen LogP contribution in [0.15, 0.2) is 30.5 Å². The maximum absolute atomic E-state index is 13.4. The van der Waals surface area contributed by atoms with Crippen LogP contribution in [0.25, 0.3) is 22.6 Å². The van der Waals surface area contributed by atoms with Crippen LogP contribution in [0.1, 0.15) is 52.6 Å². The molecule has 208 valence electrons. The van der Waals surface area contributed by atoms with Crippen LogP contribution >= 0.6 is 0 Å². The highest BCUT2D eigenvalue weighted by atomic mass is 28.3. The number of aliphatic hydroxyl groups excluding tert-OH is 1. The molecule has 0 unspecified atom stereocenters. The van der Waals surface area contributed by atoms with Gasteiger partial charge in [-0.05, 0) is 92.4 Å². The quantitative estimate of drug-likeness (QED) is 0.242. The van der Waals surface area contributed by atoms with Crippen molar-refractivity contribution in [2.24, 2.45) is 5.92 Å². The van der Waals surface area contributed by atoms with Crippen LogP contribution in [0, 0.1) is 19.8 Å². The molecule has 7 nitrogen and oxygen atoms in total. The second-order valence-electron chi connectivity index (χ2n) is 12.5. The van der Waals surface area contributed by atoms with Crippen LogP contribution in [0.5, 0.6) is 0 Å². The van der Waals surface area contributed by atoms with Gasteiger partial charge in [-0.25, -0.2) is 4.98 Å². The van der Waals surface area contributed by atoms with E-state index in [2.05, 4.69) is 61.2 Å². The number of carbonyl (C=O) groups is 1. The van der Waals surface area contributed by atoms with Crippen LogP contribution in [0.3, 0.4) is 0 Å². The zero-order valence-corrected chi connectivity index (χ0v) is 25.3. The standard InChI is InChI=1S/C31H42N4O3Si/c1-20-21(2)35(19-38-13-14-39(4,5)6)30(33-20)28-17-24(9-11-32-28)26-15-25(10-12-36)29-27(16-26)18-34(31(29)37)22(3)23-7-8-23/h9,11,15-17,22-23,36H,7-8,10,12-14,18-19H2,1-6H3/t22-/m0/s1. The summed E-state index contributed by atoms with van der Waals surface area (Å²) in [7, 11) is -1.16.